The average Bonchev–Trinajstić information content (AvgIpc) is 2.79. The van der Waals surface area contributed by atoms with Gasteiger partial charge in [0.1, 0.15) is 34.1 Å². The zero-order chi connectivity index (χ0) is 24.8. The van der Waals surface area contributed by atoms with Crippen molar-refractivity contribution >= 4 is 11.9 Å². The Labute approximate surface area is 199 Å². The van der Waals surface area contributed by atoms with Crippen LogP contribution in [0.2, 0.25) is 0 Å². The summed E-state index contributed by atoms with van der Waals surface area (Å²) in [5.41, 5.74) is 0.0974. The van der Waals surface area contributed by atoms with Crippen LogP contribution in [0.1, 0.15) is 84.9 Å². The first kappa shape index (κ1) is 26.8. The molecular formula is C26H34O8. The third-order valence-electron chi connectivity index (χ3n) is 5.41. The second-order valence-electron chi connectivity index (χ2n) is 8.21. The predicted octanol–water partition coefficient (Wildman–Crippen LogP) is 5.42. The van der Waals surface area contributed by atoms with Gasteiger partial charge in [-0.25, -0.2) is 9.59 Å². The van der Waals surface area contributed by atoms with Crippen molar-refractivity contribution in [3.8, 4) is 23.0 Å². The third-order valence-corrected chi connectivity index (χ3v) is 5.41. The summed E-state index contributed by atoms with van der Waals surface area (Å²) in [6, 6.07) is 7.55. The minimum absolute atomic E-state index is 0.0487. The smallest absolute Gasteiger partial charge is 0.341 e. The van der Waals surface area contributed by atoms with Crippen LogP contribution in [0, 0.1) is 0 Å². The molecule has 0 fully saturated rings. The molecule has 4 N–H and O–H groups in total. The van der Waals surface area contributed by atoms with Crippen molar-refractivity contribution in [1.82, 2.24) is 0 Å². The molecule has 186 valence electrons. The van der Waals surface area contributed by atoms with Gasteiger partial charge in [-0.2, -0.15) is 0 Å². The van der Waals surface area contributed by atoms with E-state index in [4.69, 9.17) is 9.47 Å². The van der Waals surface area contributed by atoms with Gasteiger partial charge < -0.3 is 29.9 Å². The summed E-state index contributed by atoms with van der Waals surface area (Å²) in [6.07, 6.45) is 10.2. The number of benzene rings is 2. The molecule has 0 radical (unpaired) electrons. The lowest BCUT2D eigenvalue weighted by molar-refractivity contribution is 0.0484. The van der Waals surface area contributed by atoms with E-state index >= 15 is 0 Å². The quantitative estimate of drug-likeness (QED) is 0.198. The van der Waals surface area contributed by atoms with Crippen LogP contribution in [0.4, 0.5) is 0 Å². The molecule has 0 atom stereocenters. The van der Waals surface area contributed by atoms with Crippen LogP contribution in [0.25, 0.3) is 0 Å². The number of carbonyl (C=O) groups excluding carboxylic acids is 2. The molecule has 0 saturated carbocycles. The molecule has 0 bridgehead atoms. The number of phenols is 4. The lowest BCUT2D eigenvalue weighted by Crippen LogP contribution is -2.06. The highest BCUT2D eigenvalue weighted by Crippen LogP contribution is 2.24. The Morgan fingerprint density at radius 1 is 0.529 bits per heavy atom. The van der Waals surface area contributed by atoms with E-state index in [9.17, 15) is 30.0 Å². The van der Waals surface area contributed by atoms with Gasteiger partial charge in [0, 0.05) is 12.1 Å². The molecule has 2 rings (SSSR count). The fourth-order valence-electron chi connectivity index (χ4n) is 3.49. The topological polar surface area (TPSA) is 134 Å². The first-order valence-corrected chi connectivity index (χ1v) is 11.8. The van der Waals surface area contributed by atoms with E-state index in [0.717, 1.165) is 76.3 Å². The summed E-state index contributed by atoms with van der Waals surface area (Å²) in [6.45, 7) is 0.603. The summed E-state index contributed by atoms with van der Waals surface area (Å²) >= 11 is 0. The van der Waals surface area contributed by atoms with Crippen molar-refractivity contribution in [2.24, 2.45) is 0 Å². The molecule has 0 amide bonds. The van der Waals surface area contributed by atoms with Gasteiger partial charge in [0.2, 0.25) is 0 Å². The number of rotatable bonds is 15. The van der Waals surface area contributed by atoms with Gasteiger partial charge >= 0.3 is 11.9 Å². The second kappa shape index (κ2) is 14.7. The molecule has 8 heteroatoms. The lowest BCUT2D eigenvalue weighted by Gasteiger charge is -2.07. The van der Waals surface area contributed by atoms with Gasteiger partial charge in [-0.1, -0.05) is 51.4 Å². The molecule has 0 unspecified atom stereocenters. The Kier molecular flexibility index (Phi) is 11.6. The maximum atomic E-state index is 11.9. The lowest BCUT2D eigenvalue weighted by atomic mass is 10.1. The molecule has 2 aromatic rings. The number of carbonyl (C=O) groups is 2. The summed E-state index contributed by atoms with van der Waals surface area (Å²) in [4.78, 5) is 23.8. The number of unbranched alkanes of at least 4 members (excludes halogenated alkanes) is 9. The molecule has 0 saturated heterocycles. The van der Waals surface area contributed by atoms with Crippen LogP contribution in [-0.4, -0.2) is 45.6 Å². The van der Waals surface area contributed by atoms with Crippen LogP contribution in [0.5, 0.6) is 23.0 Å². The fourth-order valence-corrected chi connectivity index (χ4v) is 3.49. The summed E-state index contributed by atoms with van der Waals surface area (Å²) in [5, 5.41) is 37.8. The van der Waals surface area contributed by atoms with Gasteiger partial charge in [-0.05, 0) is 37.1 Å². The van der Waals surface area contributed by atoms with E-state index in [1.165, 1.54) is 24.3 Å². The van der Waals surface area contributed by atoms with E-state index < -0.39 is 11.9 Å². The Balaban J connectivity index is 1.39. The van der Waals surface area contributed by atoms with Crippen molar-refractivity contribution in [3.05, 3.63) is 47.5 Å². The van der Waals surface area contributed by atoms with Crippen LogP contribution in [0.15, 0.2) is 36.4 Å². The monoisotopic (exact) mass is 474 g/mol. The maximum Gasteiger partial charge on any atom is 0.341 e. The van der Waals surface area contributed by atoms with Crippen LogP contribution >= 0.6 is 0 Å². The molecular weight excluding hydrogens is 440 g/mol. The average molecular weight is 475 g/mol. The van der Waals surface area contributed by atoms with Crippen molar-refractivity contribution in [1.29, 1.82) is 0 Å². The van der Waals surface area contributed by atoms with Gasteiger partial charge in [-0.15, -0.1) is 0 Å². The summed E-state index contributed by atoms with van der Waals surface area (Å²) in [7, 11) is 0. The molecule has 8 nitrogen and oxygen atoms in total. The molecule has 0 aliphatic carbocycles. The molecule has 0 aromatic heterocycles. The molecule has 0 spiro atoms. The van der Waals surface area contributed by atoms with Gasteiger partial charge in [-0.3, -0.25) is 0 Å². The highest BCUT2D eigenvalue weighted by Gasteiger charge is 2.13. The van der Waals surface area contributed by atoms with E-state index in [1.807, 2.05) is 0 Å². The number of esters is 2. The van der Waals surface area contributed by atoms with Gasteiger partial charge in [0.15, 0.2) is 0 Å². The second-order valence-corrected chi connectivity index (χ2v) is 8.21. The Morgan fingerprint density at radius 2 is 0.853 bits per heavy atom. The SMILES string of the molecule is O=C(OCCCCCCCCCCCCOC(=O)c1ccc(O)cc1O)c1ccc(O)cc1O. The predicted molar refractivity (Wildman–Crippen MR) is 126 cm³/mol. The van der Waals surface area contributed by atoms with Crippen LogP contribution in [-0.2, 0) is 9.47 Å². The minimum Gasteiger partial charge on any atom is -0.508 e. The Hall–Kier alpha value is -3.42. The Bertz CT molecular complexity index is 850. The first-order chi connectivity index (χ1) is 16.4. The number of aromatic hydroxyl groups is 4. The zero-order valence-corrected chi connectivity index (χ0v) is 19.4. The molecule has 2 aromatic carbocycles. The standard InChI is InChI=1S/C26H34O8/c27-19-11-13-21(23(29)17-19)25(31)33-15-9-7-5-3-1-2-4-6-8-10-16-34-26(32)22-14-12-20(28)18-24(22)30/h11-14,17-18,27-30H,1-10,15-16H2. The van der Waals surface area contributed by atoms with E-state index in [1.54, 1.807) is 0 Å². The van der Waals surface area contributed by atoms with Crippen LogP contribution < -0.4 is 0 Å². The van der Waals surface area contributed by atoms with E-state index in [2.05, 4.69) is 0 Å². The third kappa shape index (κ3) is 9.60. The van der Waals surface area contributed by atoms with Gasteiger partial charge in [0.25, 0.3) is 0 Å². The molecule has 0 heterocycles. The van der Waals surface area contributed by atoms with Crippen LogP contribution in [0.3, 0.4) is 0 Å². The van der Waals surface area contributed by atoms with Gasteiger partial charge in [0.05, 0.1) is 13.2 Å². The maximum absolute atomic E-state index is 11.9. The van der Waals surface area contributed by atoms with Crippen molar-refractivity contribution < 1.29 is 39.5 Å². The largest absolute Gasteiger partial charge is 0.508 e. The zero-order valence-electron chi connectivity index (χ0n) is 19.4. The number of hydrogen-bond acceptors (Lipinski definition) is 8. The van der Waals surface area contributed by atoms with Crippen molar-refractivity contribution in [2.75, 3.05) is 13.2 Å². The Morgan fingerprint density at radius 3 is 1.18 bits per heavy atom. The summed E-state index contributed by atoms with van der Waals surface area (Å²) in [5.74, 6) is -1.98. The molecule has 0 aliphatic rings. The van der Waals surface area contributed by atoms with Crippen molar-refractivity contribution in [2.45, 2.75) is 64.2 Å². The first-order valence-electron chi connectivity index (χ1n) is 11.8. The summed E-state index contributed by atoms with van der Waals surface area (Å²) < 4.78 is 10.3. The minimum atomic E-state index is -0.592. The highest BCUT2D eigenvalue weighted by atomic mass is 16.5. The van der Waals surface area contributed by atoms with Crippen molar-refractivity contribution in [3.63, 3.8) is 0 Å². The molecule has 34 heavy (non-hydrogen) atoms. The fraction of sp³-hybridized carbons (Fsp3) is 0.462. The molecule has 0 aliphatic heterocycles. The number of ether oxygens (including phenoxy) is 2. The normalized spacial score (nSPS) is 10.7. The number of hydrogen-bond donors (Lipinski definition) is 4. The number of phenolic OH excluding ortho intramolecular Hbond substituents is 4. The highest BCUT2D eigenvalue weighted by molar-refractivity contribution is 5.93. The van der Waals surface area contributed by atoms with E-state index in [0.29, 0.717) is 13.2 Å². The van der Waals surface area contributed by atoms with E-state index in [-0.39, 0.29) is 34.1 Å².